The van der Waals surface area contributed by atoms with Gasteiger partial charge in [-0.05, 0) is 24.6 Å². The van der Waals surface area contributed by atoms with Gasteiger partial charge in [0.2, 0.25) is 0 Å². The number of carboxylic acids is 1. The van der Waals surface area contributed by atoms with Crippen LogP contribution in [0.1, 0.15) is 18.4 Å². The molecule has 0 saturated heterocycles. The zero-order valence-electron chi connectivity index (χ0n) is 7.97. The van der Waals surface area contributed by atoms with Crippen molar-refractivity contribution in [2.24, 2.45) is 0 Å². The lowest BCUT2D eigenvalue weighted by Gasteiger charge is -2.09. The van der Waals surface area contributed by atoms with Crippen LogP contribution in [0.5, 0.6) is 11.5 Å². The molecule has 0 aliphatic heterocycles. The molecule has 0 fully saturated rings. The van der Waals surface area contributed by atoms with Gasteiger partial charge in [-0.2, -0.15) is 0 Å². The SMILES string of the molecule is CC(=O)C(C(=O)O)c1cc(O)cc(O)c1. The highest BCUT2D eigenvalue weighted by Crippen LogP contribution is 2.26. The molecule has 0 amide bonds. The number of hydrogen-bond donors (Lipinski definition) is 3. The second-order valence-electron chi connectivity index (χ2n) is 3.16. The van der Waals surface area contributed by atoms with Crippen LogP contribution in [0.15, 0.2) is 18.2 Å². The summed E-state index contributed by atoms with van der Waals surface area (Å²) in [5.41, 5.74) is 0.0625. The summed E-state index contributed by atoms with van der Waals surface area (Å²) in [4.78, 5) is 21.8. The molecule has 0 heterocycles. The van der Waals surface area contributed by atoms with Crippen LogP contribution in [0.3, 0.4) is 0 Å². The molecule has 0 bridgehead atoms. The molecule has 1 rings (SSSR count). The maximum Gasteiger partial charge on any atom is 0.318 e. The van der Waals surface area contributed by atoms with Gasteiger partial charge >= 0.3 is 5.97 Å². The van der Waals surface area contributed by atoms with Crippen LogP contribution in [-0.2, 0) is 9.59 Å². The van der Waals surface area contributed by atoms with Crippen molar-refractivity contribution in [3.05, 3.63) is 23.8 Å². The van der Waals surface area contributed by atoms with Gasteiger partial charge in [0.05, 0.1) is 0 Å². The lowest BCUT2D eigenvalue weighted by atomic mass is 9.95. The molecule has 1 aromatic carbocycles. The zero-order valence-corrected chi connectivity index (χ0v) is 7.97. The largest absolute Gasteiger partial charge is 0.508 e. The number of hydrogen-bond acceptors (Lipinski definition) is 4. The van der Waals surface area contributed by atoms with E-state index in [1.54, 1.807) is 0 Å². The normalized spacial score (nSPS) is 12.1. The van der Waals surface area contributed by atoms with Crippen LogP contribution in [0.4, 0.5) is 0 Å². The average Bonchev–Trinajstić information content (AvgIpc) is 1.99. The Morgan fingerprint density at radius 1 is 1.13 bits per heavy atom. The van der Waals surface area contributed by atoms with E-state index in [9.17, 15) is 9.59 Å². The third-order valence-electron chi connectivity index (χ3n) is 1.91. The van der Waals surface area contributed by atoms with Crippen molar-refractivity contribution in [2.75, 3.05) is 0 Å². The van der Waals surface area contributed by atoms with Crippen molar-refractivity contribution >= 4 is 11.8 Å². The van der Waals surface area contributed by atoms with Crippen LogP contribution >= 0.6 is 0 Å². The summed E-state index contributed by atoms with van der Waals surface area (Å²) < 4.78 is 0. The molecule has 0 saturated carbocycles. The molecule has 15 heavy (non-hydrogen) atoms. The van der Waals surface area contributed by atoms with Crippen molar-refractivity contribution < 1.29 is 24.9 Å². The fourth-order valence-electron chi connectivity index (χ4n) is 1.34. The quantitative estimate of drug-likeness (QED) is 0.643. The maximum absolute atomic E-state index is 11.1. The van der Waals surface area contributed by atoms with Gasteiger partial charge in [-0.3, -0.25) is 9.59 Å². The molecule has 80 valence electrons. The first kappa shape index (κ1) is 11.0. The molecular weight excluding hydrogens is 200 g/mol. The molecule has 0 aliphatic rings. The van der Waals surface area contributed by atoms with Gasteiger partial charge in [0.25, 0.3) is 0 Å². The van der Waals surface area contributed by atoms with Crippen LogP contribution in [0, 0.1) is 0 Å². The van der Waals surface area contributed by atoms with Crippen molar-refractivity contribution in [1.82, 2.24) is 0 Å². The molecular formula is C10H10O5. The third kappa shape index (κ3) is 2.46. The third-order valence-corrected chi connectivity index (χ3v) is 1.91. The number of carbonyl (C=O) groups excluding carboxylic acids is 1. The Kier molecular flexibility index (Phi) is 2.94. The lowest BCUT2D eigenvalue weighted by molar-refractivity contribution is -0.142. The number of phenols is 2. The van der Waals surface area contributed by atoms with Crippen molar-refractivity contribution in [3.8, 4) is 11.5 Å². The van der Waals surface area contributed by atoms with E-state index in [-0.39, 0.29) is 17.1 Å². The highest BCUT2D eigenvalue weighted by atomic mass is 16.4. The predicted molar refractivity (Wildman–Crippen MR) is 50.8 cm³/mol. The van der Waals surface area contributed by atoms with Gasteiger partial charge in [-0.25, -0.2) is 0 Å². The fourth-order valence-corrected chi connectivity index (χ4v) is 1.34. The smallest absolute Gasteiger partial charge is 0.318 e. The first-order chi connectivity index (χ1) is 6.91. The Labute approximate surface area is 85.6 Å². The van der Waals surface area contributed by atoms with Gasteiger partial charge in [-0.1, -0.05) is 0 Å². The van der Waals surface area contributed by atoms with Crippen molar-refractivity contribution in [2.45, 2.75) is 12.8 Å². The summed E-state index contributed by atoms with van der Waals surface area (Å²) in [7, 11) is 0. The number of aromatic hydroxyl groups is 2. The summed E-state index contributed by atoms with van der Waals surface area (Å²) in [5, 5.41) is 27.1. The van der Waals surface area contributed by atoms with E-state index in [2.05, 4.69) is 0 Å². The lowest BCUT2D eigenvalue weighted by Crippen LogP contribution is -2.18. The number of carbonyl (C=O) groups is 2. The molecule has 5 heteroatoms. The number of carboxylic acid groups (broad SMARTS) is 1. The van der Waals surface area contributed by atoms with E-state index >= 15 is 0 Å². The fraction of sp³-hybridized carbons (Fsp3) is 0.200. The second-order valence-corrected chi connectivity index (χ2v) is 3.16. The van der Waals surface area contributed by atoms with E-state index in [0.717, 1.165) is 25.1 Å². The van der Waals surface area contributed by atoms with Crippen LogP contribution in [-0.4, -0.2) is 27.1 Å². The molecule has 1 unspecified atom stereocenters. The summed E-state index contributed by atoms with van der Waals surface area (Å²) in [6.45, 7) is 1.14. The number of phenolic OH excluding ortho intramolecular Hbond substituents is 2. The zero-order chi connectivity index (χ0) is 11.6. The molecule has 1 atom stereocenters. The molecule has 0 aromatic heterocycles. The molecule has 0 aliphatic carbocycles. The highest BCUT2D eigenvalue weighted by Gasteiger charge is 2.25. The first-order valence-electron chi connectivity index (χ1n) is 4.18. The summed E-state index contributed by atoms with van der Waals surface area (Å²) >= 11 is 0. The minimum absolute atomic E-state index is 0.0625. The number of Topliss-reactive ketones (excluding diaryl/α,β-unsaturated/α-hetero) is 1. The van der Waals surface area contributed by atoms with E-state index in [1.165, 1.54) is 0 Å². The monoisotopic (exact) mass is 210 g/mol. The minimum Gasteiger partial charge on any atom is -0.508 e. The molecule has 0 radical (unpaired) electrons. The molecule has 0 spiro atoms. The van der Waals surface area contributed by atoms with E-state index in [4.69, 9.17) is 15.3 Å². The number of ketones is 1. The number of benzene rings is 1. The standard InChI is InChI=1S/C10H10O5/c1-5(11)9(10(14)15)6-2-7(12)4-8(13)3-6/h2-4,9,12-13H,1H3,(H,14,15). The Morgan fingerprint density at radius 3 is 1.93 bits per heavy atom. The summed E-state index contributed by atoms with van der Waals surface area (Å²) in [6.07, 6.45) is 0. The Hall–Kier alpha value is -2.04. The van der Waals surface area contributed by atoms with Crippen LogP contribution < -0.4 is 0 Å². The average molecular weight is 210 g/mol. The maximum atomic E-state index is 11.1. The minimum atomic E-state index is -1.36. The second kappa shape index (κ2) is 4.00. The van der Waals surface area contributed by atoms with E-state index in [0.29, 0.717) is 0 Å². The summed E-state index contributed by atoms with van der Waals surface area (Å²) in [6, 6.07) is 3.34. The van der Waals surface area contributed by atoms with Crippen molar-refractivity contribution in [1.29, 1.82) is 0 Å². The number of aliphatic carboxylic acids is 1. The van der Waals surface area contributed by atoms with Gasteiger partial charge < -0.3 is 15.3 Å². The Balaban J connectivity index is 3.22. The topological polar surface area (TPSA) is 94.8 Å². The Bertz CT molecular complexity index is 376. The molecule has 5 nitrogen and oxygen atoms in total. The Morgan fingerprint density at radius 2 is 1.60 bits per heavy atom. The van der Waals surface area contributed by atoms with Crippen molar-refractivity contribution in [3.63, 3.8) is 0 Å². The predicted octanol–water partition coefficient (Wildman–Crippen LogP) is 0.855. The van der Waals surface area contributed by atoms with E-state index < -0.39 is 17.7 Å². The molecule has 3 N–H and O–H groups in total. The van der Waals surface area contributed by atoms with Crippen LogP contribution in [0.25, 0.3) is 0 Å². The molecule has 1 aromatic rings. The van der Waals surface area contributed by atoms with Gasteiger partial charge in [-0.15, -0.1) is 0 Å². The highest BCUT2D eigenvalue weighted by molar-refractivity contribution is 6.02. The first-order valence-corrected chi connectivity index (χ1v) is 4.18. The van der Waals surface area contributed by atoms with Gasteiger partial charge in [0.1, 0.15) is 23.2 Å². The van der Waals surface area contributed by atoms with Gasteiger partial charge in [0.15, 0.2) is 0 Å². The van der Waals surface area contributed by atoms with E-state index in [1.807, 2.05) is 0 Å². The number of rotatable bonds is 3. The van der Waals surface area contributed by atoms with Crippen LogP contribution in [0.2, 0.25) is 0 Å². The van der Waals surface area contributed by atoms with Gasteiger partial charge in [0, 0.05) is 6.07 Å². The summed E-state index contributed by atoms with van der Waals surface area (Å²) in [5.74, 6) is -3.79.